The molecule has 0 radical (unpaired) electrons. The van der Waals surface area contributed by atoms with Gasteiger partial charge in [0.05, 0.1) is 18.0 Å². The number of hydrogen-bond donors (Lipinski definition) is 1. The van der Waals surface area contributed by atoms with E-state index >= 15 is 0 Å². The van der Waals surface area contributed by atoms with Crippen LogP contribution < -0.4 is 0 Å². The van der Waals surface area contributed by atoms with Gasteiger partial charge in [-0.15, -0.1) is 0 Å². The van der Waals surface area contributed by atoms with Crippen LogP contribution in [-0.4, -0.2) is 17.3 Å². The molecule has 0 atom stereocenters. The van der Waals surface area contributed by atoms with E-state index in [1.54, 1.807) is 0 Å². The molecule has 1 fully saturated rings. The molecule has 0 saturated heterocycles. The van der Waals surface area contributed by atoms with E-state index in [4.69, 9.17) is 4.74 Å². The Morgan fingerprint density at radius 1 is 1.36 bits per heavy atom. The molecule has 0 bridgehead atoms. The summed E-state index contributed by atoms with van der Waals surface area (Å²) < 4.78 is 5.43. The van der Waals surface area contributed by atoms with E-state index in [2.05, 4.69) is 6.58 Å². The van der Waals surface area contributed by atoms with Crippen molar-refractivity contribution in [3.8, 4) is 0 Å². The third-order valence-electron chi connectivity index (χ3n) is 2.01. The third-order valence-corrected chi connectivity index (χ3v) is 2.01. The highest BCUT2D eigenvalue weighted by Gasteiger charge is 2.19. The van der Waals surface area contributed by atoms with Crippen LogP contribution in [0.1, 0.15) is 32.6 Å². The maximum atomic E-state index is 9.18. The van der Waals surface area contributed by atoms with Gasteiger partial charge in [-0.2, -0.15) is 0 Å². The Morgan fingerprint density at radius 3 is 2.36 bits per heavy atom. The SMILES string of the molecule is C=C(C)OC1CCC(O)CC1. The van der Waals surface area contributed by atoms with Gasteiger partial charge >= 0.3 is 0 Å². The largest absolute Gasteiger partial charge is 0.496 e. The molecule has 64 valence electrons. The van der Waals surface area contributed by atoms with Crippen LogP contribution in [0.25, 0.3) is 0 Å². The highest BCUT2D eigenvalue weighted by Crippen LogP contribution is 2.22. The molecule has 1 rings (SSSR count). The van der Waals surface area contributed by atoms with E-state index in [1.165, 1.54) is 0 Å². The van der Waals surface area contributed by atoms with Gasteiger partial charge in [0.15, 0.2) is 0 Å². The molecule has 0 aliphatic heterocycles. The molecular weight excluding hydrogens is 140 g/mol. The van der Waals surface area contributed by atoms with Crippen molar-refractivity contribution in [2.45, 2.75) is 44.8 Å². The molecule has 0 aromatic rings. The predicted molar refractivity (Wildman–Crippen MR) is 44.2 cm³/mol. The van der Waals surface area contributed by atoms with Gasteiger partial charge in [0, 0.05) is 0 Å². The minimum atomic E-state index is -0.0972. The van der Waals surface area contributed by atoms with E-state index in [1.807, 2.05) is 6.92 Å². The third kappa shape index (κ3) is 2.93. The Labute approximate surface area is 67.9 Å². The molecule has 0 unspecified atom stereocenters. The second-order valence-electron chi connectivity index (χ2n) is 3.25. The molecule has 1 N–H and O–H groups in total. The Kier molecular flexibility index (Phi) is 2.94. The molecule has 0 aromatic heterocycles. The molecule has 0 heterocycles. The topological polar surface area (TPSA) is 29.5 Å². The molecule has 0 aromatic carbocycles. The van der Waals surface area contributed by atoms with Crippen molar-refractivity contribution in [2.75, 3.05) is 0 Å². The van der Waals surface area contributed by atoms with Crippen LogP contribution in [0.3, 0.4) is 0 Å². The highest BCUT2D eigenvalue weighted by atomic mass is 16.5. The maximum Gasteiger partial charge on any atom is 0.0984 e. The van der Waals surface area contributed by atoms with Crippen molar-refractivity contribution in [3.63, 3.8) is 0 Å². The minimum Gasteiger partial charge on any atom is -0.496 e. The van der Waals surface area contributed by atoms with Crippen LogP contribution in [0.15, 0.2) is 12.3 Å². The number of allylic oxidation sites excluding steroid dienone is 1. The Hall–Kier alpha value is -0.500. The van der Waals surface area contributed by atoms with Gasteiger partial charge in [0.1, 0.15) is 0 Å². The Balaban J connectivity index is 2.22. The molecule has 0 amide bonds. The maximum absolute atomic E-state index is 9.18. The fraction of sp³-hybridized carbons (Fsp3) is 0.778. The summed E-state index contributed by atoms with van der Waals surface area (Å²) in [4.78, 5) is 0. The Morgan fingerprint density at radius 2 is 1.91 bits per heavy atom. The second-order valence-corrected chi connectivity index (χ2v) is 3.25. The summed E-state index contributed by atoms with van der Waals surface area (Å²) in [5, 5.41) is 9.18. The van der Waals surface area contributed by atoms with Crippen LogP contribution >= 0.6 is 0 Å². The molecule has 1 aliphatic carbocycles. The zero-order valence-corrected chi connectivity index (χ0v) is 7.05. The van der Waals surface area contributed by atoms with Crippen LogP contribution in [0.2, 0.25) is 0 Å². The normalized spacial score (nSPS) is 31.5. The lowest BCUT2D eigenvalue weighted by Gasteiger charge is -2.26. The van der Waals surface area contributed by atoms with Crippen LogP contribution in [0.5, 0.6) is 0 Å². The van der Waals surface area contributed by atoms with Crippen molar-refractivity contribution >= 4 is 0 Å². The first-order valence-electron chi connectivity index (χ1n) is 4.18. The highest BCUT2D eigenvalue weighted by molar-refractivity contribution is 4.80. The quantitative estimate of drug-likeness (QED) is 0.618. The summed E-state index contributed by atoms with van der Waals surface area (Å²) >= 11 is 0. The summed E-state index contributed by atoms with van der Waals surface area (Å²) in [6.07, 6.45) is 3.88. The smallest absolute Gasteiger partial charge is 0.0984 e. The standard InChI is InChI=1S/C9H16O2/c1-7(2)11-9-5-3-8(10)4-6-9/h8-10H,1,3-6H2,2H3. The molecule has 1 saturated carbocycles. The first-order valence-corrected chi connectivity index (χ1v) is 4.18. The summed E-state index contributed by atoms with van der Waals surface area (Å²) in [5.74, 6) is 0.784. The van der Waals surface area contributed by atoms with Crippen LogP contribution in [0.4, 0.5) is 0 Å². The van der Waals surface area contributed by atoms with E-state index in [0.29, 0.717) is 6.10 Å². The van der Waals surface area contributed by atoms with E-state index in [9.17, 15) is 5.11 Å². The number of rotatable bonds is 2. The number of hydrogen-bond acceptors (Lipinski definition) is 2. The van der Waals surface area contributed by atoms with Gasteiger partial charge in [0.25, 0.3) is 0 Å². The molecular formula is C9H16O2. The lowest BCUT2D eigenvalue weighted by atomic mass is 9.95. The molecule has 2 nitrogen and oxygen atoms in total. The fourth-order valence-corrected chi connectivity index (χ4v) is 1.45. The van der Waals surface area contributed by atoms with E-state index < -0.39 is 0 Å². The fourth-order valence-electron chi connectivity index (χ4n) is 1.45. The van der Waals surface area contributed by atoms with Crippen molar-refractivity contribution in [1.82, 2.24) is 0 Å². The first-order chi connectivity index (χ1) is 5.18. The van der Waals surface area contributed by atoms with E-state index in [-0.39, 0.29) is 6.10 Å². The lowest BCUT2D eigenvalue weighted by molar-refractivity contribution is 0.0327. The number of aliphatic hydroxyl groups excluding tert-OH is 1. The molecule has 0 spiro atoms. The van der Waals surface area contributed by atoms with Crippen molar-refractivity contribution < 1.29 is 9.84 Å². The van der Waals surface area contributed by atoms with Gasteiger partial charge in [-0.25, -0.2) is 0 Å². The van der Waals surface area contributed by atoms with Crippen LogP contribution in [0, 0.1) is 0 Å². The van der Waals surface area contributed by atoms with Gasteiger partial charge in [-0.05, 0) is 32.6 Å². The van der Waals surface area contributed by atoms with Crippen LogP contribution in [-0.2, 0) is 4.74 Å². The van der Waals surface area contributed by atoms with Gasteiger partial charge in [-0.3, -0.25) is 0 Å². The van der Waals surface area contributed by atoms with Gasteiger partial charge < -0.3 is 9.84 Å². The van der Waals surface area contributed by atoms with E-state index in [0.717, 1.165) is 31.4 Å². The molecule has 1 aliphatic rings. The molecule has 2 heteroatoms. The predicted octanol–water partition coefficient (Wildman–Crippen LogP) is 1.84. The van der Waals surface area contributed by atoms with Crippen molar-refractivity contribution in [2.24, 2.45) is 0 Å². The van der Waals surface area contributed by atoms with Crippen molar-refractivity contribution in [1.29, 1.82) is 0 Å². The summed E-state index contributed by atoms with van der Waals surface area (Å²) in [6.45, 7) is 5.55. The number of aliphatic hydroxyl groups is 1. The summed E-state index contributed by atoms with van der Waals surface area (Å²) in [6, 6.07) is 0. The first kappa shape index (κ1) is 8.60. The average molecular weight is 156 g/mol. The summed E-state index contributed by atoms with van der Waals surface area (Å²) in [5.41, 5.74) is 0. The zero-order valence-electron chi connectivity index (χ0n) is 7.05. The lowest BCUT2D eigenvalue weighted by Crippen LogP contribution is -2.23. The van der Waals surface area contributed by atoms with Gasteiger partial charge in [0.2, 0.25) is 0 Å². The van der Waals surface area contributed by atoms with Gasteiger partial charge in [-0.1, -0.05) is 6.58 Å². The average Bonchev–Trinajstić information content (AvgIpc) is 1.93. The second kappa shape index (κ2) is 3.77. The minimum absolute atomic E-state index is 0.0972. The Bertz CT molecular complexity index is 134. The van der Waals surface area contributed by atoms with Crippen molar-refractivity contribution in [3.05, 3.63) is 12.3 Å². The number of ether oxygens (including phenoxy) is 1. The summed E-state index contributed by atoms with van der Waals surface area (Å²) in [7, 11) is 0. The molecule has 11 heavy (non-hydrogen) atoms. The zero-order chi connectivity index (χ0) is 8.27. The monoisotopic (exact) mass is 156 g/mol.